The van der Waals surface area contributed by atoms with Crippen LogP contribution >= 0.6 is 23.8 Å². The van der Waals surface area contributed by atoms with Crippen LogP contribution in [0.15, 0.2) is 65.9 Å². The summed E-state index contributed by atoms with van der Waals surface area (Å²) in [4.78, 5) is 4.28. The number of hydrogen-bond acceptors (Lipinski definition) is 3. The number of aromatic nitrogens is 1. The van der Waals surface area contributed by atoms with Gasteiger partial charge in [0, 0.05) is 22.3 Å². The van der Waals surface area contributed by atoms with Gasteiger partial charge in [-0.2, -0.15) is 5.10 Å². The van der Waals surface area contributed by atoms with Crippen LogP contribution in [0.4, 0.5) is 5.69 Å². The smallest absolute Gasteiger partial charge is 0.191 e. The molecule has 0 radical (unpaired) electrons. The zero-order chi connectivity index (χ0) is 16.1. The molecule has 0 unspecified atom stereocenters. The van der Waals surface area contributed by atoms with E-state index in [1.165, 1.54) is 0 Å². The van der Waals surface area contributed by atoms with Gasteiger partial charge in [-0.1, -0.05) is 29.8 Å². The van der Waals surface area contributed by atoms with E-state index in [1.54, 1.807) is 24.5 Å². The van der Waals surface area contributed by atoms with Gasteiger partial charge in [-0.15, -0.1) is 0 Å². The SMILES string of the molecule is S=C(NN=Cc1ccc2ncccc2c1)Nc1cccc(Cl)c1. The summed E-state index contributed by atoms with van der Waals surface area (Å²) in [6.07, 6.45) is 3.48. The minimum atomic E-state index is 0.394. The van der Waals surface area contributed by atoms with Crippen LogP contribution in [0.25, 0.3) is 10.9 Å². The highest BCUT2D eigenvalue weighted by Gasteiger charge is 1.97. The van der Waals surface area contributed by atoms with E-state index in [2.05, 4.69) is 20.8 Å². The van der Waals surface area contributed by atoms with Gasteiger partial charge in [0.2, 0.25) is 0 Å². The maximum atomic E-state index is 5.92. The first-order valence-corrected chi connectivity index (χ1v) is 7.70. The summed E-state index contributed by atoms with van der Waals surface area (Å²) >= 11 is 11.1. The Morgan fingerprint density at radius 3 is 2.91 bits per heavy atom. The van der Waals surface area contributed by atoms with Gasteiger partial charge in [-0.25, -0.2) is 0 Å². The maximum absolute atomic E-state index is 5.92. The van der Waals surface area contributed by atoms with Crippen LogP contribution in [-0.4, -0.2) is 16.3 Å². The number of pyridine rings is 1. The zero-order valence-corrected chi connectivity index (χ0v) is 13.6. The van der Waals surface area contributed by atoms with Crippen molar-refractivity contribution >= 4 is 51.7 Å². The van der Waals surface area contributed by atoms with Gasteiger partial charge < -0.3 is 5.32 Å². The highest BCUT2D eigenvalue weighted by atomic mass is 35.5. The Balaban J connectivity index is 1.62. The summed E-state index contributed by atoms with van der Waals surface area (Å²) in [6.45, 7) is 0. The average Bonchev–Trinajstić information content (AvgIpc) is 2.55. The van der Waals surface area contributed by atoms with E-state index >= 15 is 0 Å². The molecular weight excluding hydrogens is 328 g/mol. The molecule has 6 heteroatoms. The minimum Gasteiger partial charge on any atom is -0.331 e. The molecule has 0 saturated heterocycles. The van der Waals surface area contributed by atoms with E-state index in [-0.39, 0.29) is 0 Å². The van der Waals surface area contributed by atoms with Crippen molar-refractivity contribution in [1.82, 2.24) is 10.4 Å². The van der Waals surface area contributed by atoms with Gasteiger partial charge in [0.1, 0.15) is 0 Å². The molecule has 23 heavy (non-hydrogen) atoms. The Morgan fingerprint density at radius 1 is 1.13 bits per heavy atom. The number of halogens is 1. The molecule has 0 saturated carbocycles. The number of nitrogens with one attached hydrogen (secondary N) is 2. The lowest BCUT2D eigenvalue weighted by atomic mass is 10.1. The predicted molar refractivity (Wildman–Crippen MR) is 100 cm³/mol. The number of hydrogen-bond donors (Lipinski definition) is 2. The van der Waals surface area contributed by atoms with E-state index in [0.717, 1.165) is 22.2 Å². The summed E-state index contributed by atoms with van der Waals surface area (Å²) < 4.78 is 0. The van der Waals surface area contributed by atoms with Crippen LogP contribution in [0.1, 0.15) is 5.56 Å². The van der Waals surface area contributed by atoms with Crippen molar-refractivity contribution in [3.63, 3.8) is 0 Å². The van der Waals surface area contributed by atoms with E-state index < -0.39 is 0 Å². The Hall–Kier alpha value is -2.50. The van der Waals surface area contributed by atoms with Gasteiger partial charge >= 0.3 is 0 Å². The molecule has 2 aromatic carbocycles. The second kappa shape index (κ2) is 7.17. The second-order valence-corrected chi connectivity index (χ2v) is 5.63. The standard InChI is InChI=1S/C17H13ClN4S/c18-14-4-1-5-15(10-14)21-17(23)22-20-11-12-6-7-16-13(9-12)3-2-8-19-16/h1-11H,(H2,21,22,23). The third kappa shape index (κ3) is 4.25. The quantitative estimate of drug-likeness (QED) is 0.426. The molecule has 1 aromatic heterocycles. The lowest BCUT2D eigenvalue weighted by molar-refractivity contribution is 1.05. The Kier molecular flexibility index (Phi) is 4.80. The van der Waals surface area contributed by atoms with Crippen LogP contribution in [0.3, 0.4) is 0 Å². The highest BCUT2D eigenvalue weighted by molar-refractivity contribution is 7.80. The summed E-state index contributed by atoms with van der Waals surface area (Å²) in [6, 6.07) is 17.2. The van der Waals surface area contributed by atoms with Crippen molar-refractivity contribution in [2.24, 2.45) is 5.10 Å². The van der Waals surface area contributed by atoms with E-state index in [0.29, 0.717) is 10.1 Å². The second-order valence-electron chi connectivity index (χ2n) is 4.79. The topological polar surface area (TPSA) is 49.3 Å². The Bertz CT molecular complexity index is 879. The molecule has 4 nitrogen and oxygen atoms in total. The molecule has 1 heterocycles. The van der Waals surface area contributed by atoms with Crippen molar-refractivity contribution in [1.29, 1.82) is 0 Å². The first-order chi connectivity index (χ1) is 11.2. The molecule has 0 aliphatic rings. The molecule has 0 aliphatic heterocycles. The summed E-state index contributed by atoms with van der Waals surface area (Å²) in [5.41, 5.74) is 5.50. The van der Waals surface area contributed by atoms with Crippen molar-refractivity contribution in [3.05, 3.63) is 71.4 Å². The van der Waals surface area contributed by atoms with Gasteiger partial charge in [-0.05, 0) is 54.2 Å². The lowest BCUT2D eigenvalue weighted by Gasteiger charge is -2.06. The van der Waals surface area contributed by atoms with Crippen molar-refractivity contribution in [2.45, 2.75) is 0 Å². The van der Waals surface area contributed by atoms with Crippen LogP contribution < -0.4 is 10.7 Å². The molecule has 0 bridgehead atoms. The van der Waals surface area contributed by atoms with Crippen molar-refractivity contribution < 1.29 is 0 Å². The predicted octanol–water partition coefficient (Wildman–Crippen LogP) is 4.21. The normalized spacial score (nSPS) is 10.8. The number of benzene rings is 2. The third-order valence-electron chi connectivity index (χ3n) is 3.09. The number of anilines is 1. The fraction of sp³-hybridized carbons (Fsp3) is 0. The highest BCUT2D eigenvalue weighted by Crippen LogP contribution is 2.14. The number of hydrazone groups is 1. The molecule has 0 fully saturated rings. The first-order valence-electron chi connectivity index (χ1n) is 6.91. The Morgan fingerprint density at radius 2 is 2.04 bits per heavy atom. The molecule has 2 N–H and O–H groups in total. The summed E-state index contributed by atoms with van der Waals surface area (Å²) in [5.74, 6) is 0. The molecule has 0 atom stereocenters. The fourth-order valence-corrected chi connectivity index (χ4v) is 2.43. The van der Waals surface area contributed by atoms with Gasteiger partial charge in [0.15, 0.2) is 5.11 Å². The molecule has 0 spiro atoms. The lowest BCUT2D eigenvalue weighted by Crippen LogP contribution is -2.23. The van der Waals surface area contributed by atoms with Crippen molar-refractivity contribution in [2.75, 3.05) is 5.32 Å². The Labute approximate surface area is 144 Å². The first kappa shape index (κ1) is 15.4. The van der Waals surface area contributed by atoms with E-state index in [4.69, 9.17) is 23.8 Å². The summed E-state index contributed by atoms with van der Waals surface area (Å²) in [5, 5.41) is 9.25. The van der Waals surface area contributed by atoms with E-state index in [1.807, 2.05) is 42.5 Å². The molecule has 3 aromatic rings. The number of nitrogens with zero attached hydrogens (tertiary/aromatic N) is 2. The van der Waals surface area contributed by atoms with Crippen LogP contribution in [0.5, 0.6) is 0 Å². The van der Waals surface area contributed by atoms with Gasteiger partial charge in [0.25, 0.3) is 0 Å². The molecule has 114 valence electrons. The number of fused-ring (bicyclic) bond motifs is 1. The molecule has 0 amide bonds. The molecule has 0 aliphatic carbocycles. The number of thiocarbonyl (C=S) groups is 1. The average molecular weight is 341 g/mol. The van der Waals surface area contributed by atoms with Crippen LogP contribution in [0, 0.1) is 0 Å². The van der Waals surface area contributed by atoms with Gasteiger partial charge in [-0.3, -0.25) is 10.4 Å². The third-order valence-corrected chi connectivity index (χ3v) is 3.52. The molecular formula is C17H13ClN4S. The number of rotatable bonds is 3. The fourth-order valence-electron chi connectivity index (χ4n) is 2.07. The van der Waals surface area contributed by atoms with Crippen LogP contribution in [0.2, 0.25) is 5.02 Å². The van der Waals surface area contributed by atoms with Gasteiger partial charge in [0.05, 0.1) is 11.7 Å². The van der Waals surface area contributed by atoms with Crippen LogP contribution in [-0.2, 0) is 0 Å². The molecule has 3 rings (SSSR count). The maximum Gasteiger partial charge on any atom is 0.191 e. The van der Waals surface area contributed by atoms with E-state index in [9.17, 15) is 0 Å². The van der Waals surface area contributed by atoms with Crippen molar-refractivity contribution in [3.8, 4) is 0 Å². The largest absolute Gasteiger partial charge is 0.331 e. The monoisotopic (exact) mass is 340 g/mol. The zero-order valence-electron chi connectivity index (χ0n) is 12.0. The summed E-state index contributed by atoms with van der Waals surface area (Å²) in [7, 11) is 0. The minimum absolute atomic E-state index is 0.394.